The molecule has 0 aliphatic heterocycles. The van der Waals surface area contributed by atoms with Gasteiger partial charge in [0.05, 0.1) is 5.69 Å². The van der Waals surface area contributed by atoms with E-state index in [4.69, 9.17) is 0 Å². The average Bonchev–Trinajstić information content (AvgIpc) is 3.17. The summed E-state index contributed by atoms with van der Waals surface area (Å²) in [5, 5.41) is 3.10. The number of para-hydroxylation sites is 1. The van der Waals surface area contributed by atoms with Crippen LogP contribution < -0.4 is 9.86 Å². The molecule has 37 heavy (non-hydrogen) atoms. The van der Waals surface area contributed by atoms with E-state index in [0.717, 1.165) is 24.1 Å². The van der Waals surface area contributed by atoms with Crippen LogP contribution in [0.2, 0.25) is 0 Å². The number of hydrogen-bond donors (Lipinski definition) is 1. The van der Waals surface area contributed by atoms with Crippen molar-refractivity contribution in [1.82, 2.24) is 14.8 Å². The number of anilines is 1. The molecule has 2 heterocycles. The molecule has 2 aromatic heterocycles. The molecule has 194 valence electrons. The quantitative estimate of drug-likeness (QED) is 0.310. The summed E-state index contributed by atoms with van der Waals surface area (Å²) in [5.41, 5.74) is 4.19. The summed E-state index contributed by atoms with van der Waals surface area (Å²) in [7, 11) is -3.80. The van der Waals surface area contributed by atoms with Crippen LogP contribution in [0.1, 0.15) is 49.6 Å². The molecule has 0 aliphatic rings. The van der Waals surface area contributed by atoms with Crippen molar-refractivity contribution in [1.29, 1.82) is 0 Å². The van der Waals surface area contributed by atoms with Gasteiger partial charge in [-0.25, -0.2) is 18.1 Å². The summed E-state index contributed by atoms with van der Waals surface area (Å²) in [6, 6.07) is 20.4. The smallest absolute Gasteiger partial charge is 0.276 e. The Morgan fingerprint density at radius 2 is 1.73 bits per heavy atom. The average molecular weight is 519 g/mol. The second-order valence-corrected chi connectivity index (χ2v) is 11.5. The van der Waals surface area contributed by atoms with Crippen LogP contribution >= 0.6 is 0 Å². The number of aromatic nitrogens is 3. The van der Waals surface area contributed by atoms with E-state index in [2.05, 4.69) is 36.1 Å². The highest BCUT2D eigenvalue weighted by atomic mass is 32.2. The number of pyridine rings is 1. The highest BCUT2D eigenvalue weighted by molar-refractivity contribution is 7.92. The van der Waals surface area contributed by atoms with Gasteiger partial charge < -0.3 is 0 Å². The SMILES string of the molecule is CCN(c1ccccc1)S(=O)(=O)c1ccc(-n2[nH]c(C)c(Cc3cccc(CCC(C)C)c3)c2=O)nc1. The number of sulfonamides is 1. The van der Waals surface area contributed by atoms with Crippen LogP contribution in [-0.2, 0) is 22.9 Å². The number of aromatic amines is 1. The van der Waals surface area contributed by atoms with Gasteiger partial charge in [0.1, 0.15) is 4.90 Å². The lowest BCUT2D eigenvalue weighted by Crippen LogP contribution is -2.30. The third-order valence-corrected chi connectivity index (χ3v) is 8.33. The van der Waals surface area contributed by atoms with Gasteiger partial charge in [0.15, 0.2) is 5.82 Å². The minimum atomic E-state index is -3.80. The molecule has 0 amide bonds. The van der Waals surface area contributed by atoms with Gasteiger partial charge in [-0.2, -0.15) is 0 Å². The Morgan fingerprint density at radius 3 is 2.38 bits per heavy atom. The van der Waals surface area contributed by atoms with Crippen LogP contribution in [0.25, 0.3) is 5.82 Å². The van der Waals surface area contributed by atoms with Crippen molar-refractivity contribution in [3.63, 3.8) is 0 Å². The van der Waals surface area contributed by atoms with Crippen molar-refractivity contribution in [2.45, 2.75) is 51.9 Å². The van der Waals surface area contributed by atoms with E-state index in [0.29, 0.717) is 29.4 Å². The molecule has 0 atom stereocenters. The zero-order valence-corrected chi connectivity index (χ0v) is 22.6. The minimum Gasteiger partial charge on any atom is -0.294 e. The Kier molecular flexibility index (Phi) is 7.97. The Labute approximate surface area is 218 Å². The Morgan fingerprint density at radius 1 is 1.00 bits per heavy atom. The van der Waals surface area contributed by atoms with Gasteiger partial charge in [0, 0.05) is 30.4 Å². The molecule has 4 aromatic rings. The van der Waals surface area contributed by atoms with Crippen LogP contribution in [-0.4, -0.2) is 29.7 Å². The van der Waals surface area contributed by atoms with Crippen molar-refractivity contribution in [2.24, 2.45) is 5.92 Å². The zero-order valence-electron chi connectivity index (χ0n) is 21.8. The first kappa shape index (κ1) is 26.4. The number of benzene rings is 2. The standard InChI is InChI=1S/C29H34N4O3S/c1-5-32(25-12-7-6-8-13-25)37(35,36)26-16-17-28(30-20-26)33-29(34)27(22(4)31-33)19-24-11-9-10-23(18-24)15-14-21(2)3/h6-13,16-18,20-21,31H,5,14-15,19H2,1-4H3. The third kappa shape index (κ3) is 5.85. The molecular weight excluding hydrogens is 484 g/mol. The van der Waals surface area contributed by atoms with Crippen LogP contribution in [0.3, 0.4) is 0 Å². The fourth-order valence-electron chi connectivity index (χ4n) is 4.38. The minimum absolute atomic E-state index is 0.0664. The van der Waals surface area contributed by atoms with Gasteiger partial charge in [-0.15, -0.1) is 0 Å². The van der Waals surface area contributed by atoms with Gasteiger partial charge in [0.2, 0.25) is 0 Å². The maximum Gasteiger partial charge on any atom is 0.276 e. The monoisotopic (exact) mass is 518 g/mol. The molecule has 8 heteroatoms. The van der Waals surface area contributed by atoms with Gasteiger partial charge in [-0.1, -0.05) is 56.3 Å². The summed E-state index contributed by atoms with van der Waals surface area (Å²) in [4.78, 5) is 17.7. The van der Waals surface area contributed by atoms with E-state index >= 15 is 0 Å². The lowest BCUT2D eigenvalue weighted by Gasteiger charge is -2.22. The molecule has 0 fully saturated rings. The van der Waals surface area contributed by atoms with Crippen molar-refractivity contribution < 1.29 is 8.42 Å². The number of nitrogens with one attached hydrogen (secondary N) is 1. The van der Waals surface area contributed by atoms with Crippen LogP contribution in [0.4, 0.5) is 5.69 Å². The molecule has 0 aliphatic carbocycles. The second kappa shape index (κ2) is 11.2. The van der Waals surface area contributed by atoms with E-state index < -0.39 is 10.0 Å². The normalized spacial score (nSPS) is 11.7. The van der Waals surface area contributed by atoms with Crippen LogP contribution in [0.5, 0.6) is 0 Å². The van der Waals surface area contributed by atoms with Gasteiger partial charge in [0.25, 0.3) is 15.6 Å². The lowest BCUT2D eigenvalue weighted by molar-refractivity contribution is 0.586. The maximum atomic E-state index is 13.3. The number of rotatable bonds is 10. The molecule has 4 rings (SSSR count). The summed E-state index contributed by atoms with van der Waals surface area (Å²) in [5.74, 6) is 0.979. The molecule has 0 spiro atoms. The van der Waals surface area contributed by atoms with E-state index in [1.54, 1.807) is 37.3 Å². The number of nitrogens with zero attached hydrogens (tertiary/aromatic N) is 3. The van der Waals surface area contributed by atoms with Crippen LogP contribution in [0, 0.1) is 12.8 Å². The van der Waals surface area contributed by atoms with Crippen molar-refractivity contribution >= 4 is 15.7 Å². The van der Waals surface area contributed by atoms with Crippen molar-refractivity contribution in [3.8, 4) is 5.82 Å². The van der Waals surface area contributed by atoms with E-state index in [1.165, 1.54) is 26.8 Å². The van der Waals surface area contributed by atoms with Gasteiger partial charge in [-0.3, -0.25) is 14.2 Å². The predicted octanol–water partition coefficient (Wildman–Crippen LogP) is 5.26. The molecule has 0 bridgehead atoms. The maximum absolute atomic E-state index is 13.3. The first-order chi connectivity index (χ1) is 17.7. The molecule has 0 unspecified atom stereocenters. The molecule has 0 saturated heterocycles. The summed E-state index contributed by atoms with van der Waals surface area (Å²) in [6.07, 6.45) is 3.95. The molecule has 7 nitrogen and oxygen atoms in total. The fraction of sp³-hybridized carbons (Fsp3) is 0.310. The topological polar surface area (TPSA) is 88.1 Å². The van der Waals surface area contributed by atoms with E-state index in [-0.39, 0.29) is 17.0 Å². The van der Waals surface area contributed by atoms with E-state index in [1.807, 2.05) is 25.1 Å². The fourth-order valence-corrected chi connectivity index (χ4v) is 5.80. The number of hydrogen-bond acceptors (Lipinski definition) is 4. The van der Waals surface area contributed by atoms with Crippen molar-refractivity contribution in [3.05, 3.63) is 106 Å². The number of aryl methyl sites for hydroxylation is 2. The summed E-state index contributed by atoms with van der Waals surface area (Å²) < 4.78 is 29.2. The first-order valence-corrected chi connectivity index (χ1v) is 14.1. The van der Waals surface area contributed by atoms with Gasteiger partial charge >= 0.3 is 0 Å². The zero-order chi connectivity index (χ0) is 26.6. The van der Waals surface area contributed by atoms with E-state index in [9.17, 15) is 13.2 Å². The Balaban J connectivity index is 1.58. The Hall–Kier alpha value is -3.65. The highest BCUT2D eigenvalue weighted by Crippen LogP contribution is 2.23. The molecule has 0 radical (unpaired) electrons. The third-order valence-electron chi connectivity index (χ3n) is 6.45. The van der Waals surface area contributed by atoms with Gasteiger partial charge in [-0.05, 0) is 68.0 Å². The Bertz CT molecular complexity index is 1510. The largest absolute Gasteiger partial charge is 0.294 e. The second-order valence-electron chi connectivity index (χ2n) is 9.64. The van der Waals surface area contributed by atoms with Crippen LogP contribution in [0.15, 0.2) is 82.6 Å². The highest BCUT2D eigenvalue weighted by Gasteiger charge is 2.24. The molecular formula is C29H34N4O3S. The number of H-pyrrole nitrogens is 1. The summed E-state index contributed by atoms with van der Waals surface area (Å²) in [6.45, 7) is 8.37. The lowest BCUT2D eigenvalue weighted by atomic mass is 9.98. The van der Waals surface area contributed by atoms with Crippen molar-refractivity contribution in [2.75, 3.05) is 10.8 Å². The first-order valence-electron chi connectivity index (χ1n) is 12.6. The predicted molar refractivity (Wildman–Crippen MR) is 148 cm³/mol. The summed E-state index contributed by atoms with van der Waals surface area (Å²) >= 11 is 0. The molecule has 1 N–H and O–H groups in total. The molecule has 0 saturated carbocycles. The molecule has 2 aromatic carbocycles.